The highest BCUT2D eigenvalue weighted by Gasteiger charge is 2.50. The van der Waals surface area contributed by atoms with E-state index in [0.29, 0.717) is 6.04 Å². The van der Waals surface area contributed by atoms with Crippen LogP contribution in [0, 0.1) is 6.92 Å². The van der Waals surface area contributed by atoms with Crippen molar-refractivity contribution < 1.29 is 4.79 Å². The Morgan fingerprint density at radius 2 is 1.88 bits per heavy atom. The van der Waals surface area contributed by atoms with Gasteiger partial charge in [-0.3, -0.25) is 9.69 Å². The minimum absolute atomic E-state index is 0.161. The lowest BCUT2D eigenvalue weighted by atomic mass is 9.84. The van der Waals surface area contributed by atoms with Crippen LogP contribution in [0.3, 0.4) is 0 Å². The number of hydrogen-bond donors (Lipinski definition) is 1. The van der Waals surface area contributed by atoms with Crippen molar-refractivity contribution in [3.63, 3.8) is 0 Å². The Bertz CT molecular complexity index is 795. The zero-order chi connectivity index (χ0) is 16.9. The summed E-state index contributed by atoms with van der Waals surface area (Å²) in [7, 11) is 0. The number of aromatic nitrogens is 2. The van der Waals surface area contributed by atoms with Gasteiger partial charge in [0.25, 0.3) is 0 Å². The van der Waals surface area contributed by atoms with Crippen LogP contribution in [-0.4, -0.2) is 28.0 Å². The highest BCUT2D eigenvalue weighted by molar-refractivity contribution is 6.07. The molecular formula is C19H22N4O. The molecule has 0 atom stereocenters. The zero-order valence-corrected chi connectivity index (χ0v) is 14.3. The van der Waals surface area contributed by atoms with Crippen LogP contribution in [0.25, 0.3) is 0 Å². The molecule has 0 spiro atoms. The van der Waals surface area contributed by atoms with Crippen LogP contribution in [-0.2, 0) is 10.2 Å². The Labute approximate surface area is 142 Å². The van der Waals surface area contributed by atoms with Crippen molar-refractivity contribution in [1.82, 2.24) is 9.97 Å². The molecular weight excluding hydrogens is 300 g/mol. The average molecular weight is 322 g/mol. The van der Waals surface area contributed by atoms with E-state index < -0.39 is 5.41 Å². The lowest BCUT2D eigenvalue weighted by molar-refractivity contribution is -0.122. The predicted molar refractivity (Wildman–Crippen MR) is 94.2 cm³/mol. The first kappa shape index (κ1) is 15.1. The van der Waals surface area contributed by atoms with Gasteiger partial charge < -0.3 is 5.32 Å². The van der Waals surface area contributed by atoms with Crippen LogP contribution in [0.1, 0.15) is 37.8 Å². The summed E-state index contributed by atoms with van der Waals surface area (Å²) in [5, 5.41) is 3.49. The molecule has 0 radical (unpaired) electrons. The normalized spacial score (nSPS) is 24.5. The molecule has 2 aromatic rings. The monoisotopic (exact) mass is 322 g/mol. The number of hydrogen-bond acceptors (Lipinski definition) is 4. The van der Waals surface area contributed by atoms with Gasteiger partial charge in [0.1, 0.15) is 11.6 Å². The molecule has 5 nitrogen and oxygen atoms in total. The molecule has 1 aliphatic carbocycles. The lowest BCUT2D eigenvalue weighted by Crippen LogP contribution is -2.53. The summed E-state index contributed by atoms with van der Waals surface area (Å²) in [5.41, 5.74) is 1.69. The van der Waals surface area contributed by atoms with E-state index >= 15 is 0 Å². The second-order valence-corrected chi connectivity index (χ2v) is 7.31. The smallest absolute Gasteiger partial charge is 0.238 e. The average Bonchev–Trinajstić information content (AvgIpc) is 2.73. The fourth-order valence-electron chi connectivity index (χ4n) is 3.67. The highest BCUT2D eigenvalue weighted by atomic mass is 16.2. The first-order chi connectivity index (χ1) is 11.5. The number of carbonyl (C=O) groups excluding carboxylic acids is 1. The van der Waals surface area contributed by atoms with Crippen LogP contribution in [0.2, 0.25) is 0 Å². The molecule has 4 rings (SSSR count). The molecule has 0 unspecified atom stereocenters. The molecule has 1 amide bonds. The SMILES string of the molecule is Cc1cccnc1NC1CC(N2C(=O)C(C)(C)c3cccnc32)C1. The van der Waals surface area contributed by atoms with Gasteiger partial charge in [-0.25, -0.2) is 9.97 Å². The maximum absolute atomic E-state index is 12.9. The third-order valence-electron chi connectivity index (χ3n) is 5.27. The van der Waals surface area contributed by atoms with Crippen LogP contribution >= 0.6 is 0 Å². The van der Waals surface area contributed by atoms with E-state index in [-0.39, 0.29) is 11.9 Å². The maximum atomic E-state index is 12.9. The van der Waals surface area contributed by atoms with Crippen molar-refractivity contribution in [2.75, 3.05) is 10.2 Å². The van der Waals surface area contributed by atoms with Crippen molar-refractivity contribution in [2.45, 2.75) is 51.1 Å². The van der Waals surface area contributed by atoms with Crippen molar-refractivity contribution in [2.24, 2.45) is 0 Å². The summed E-state index contributed by atoms with van der Waals surface area (Å²) < 4.78 is 0. The molecule has 1 N–H and O–H groups in total. The largest absolute Gasteiger partial charge is 0.367 e. The van der Waals surface area contributed by atoms with Crippen LogP contribution in [0.15, 0.2) is 36.7 Å². The molecule has 1 fully saturated rings. The predicted octanol–water partition coefficient (Wildman–Crippen LogP) is 3.05. The Balaban J connectivity index is 1.50. The molecule has 0 bridgehead atoms. The number of anilines is 2. The van der Waals surface area contributed by atoms with E-state index in [4.69, 9.17) is 0 Å². The van der Waals surface area contributed by atoms with Gasteiger partial charge in [-0.05, 0) is 51.3 Å². The number of rotatable bonds is 3. The Kier molecular flexibility index (Phi) is 3.34. The Morgan fingerprint density at radius 3 is 2.62 bits per heavy atom. The van der Waals surface area contributed by atoms with E-state index in [1.165, 1.54) is 0 Å². The standard InChI is InChI=1S/C19H22N4O/c1-12-6-4-8-20-16(12)22-13-10-14(11-13)23-17-15(7-5-9-21-17)19(2,3)18(23)24/h4-9,13-14H,10-11H2,1-3H3,(H,20,22). The second kappa shape index (κ2) is 5.30. The summed E-state index contributed by atoms with van der Waals surface area (Å²) >= 11 is 0. The quantitative estimate of drug-likeness (QED) is 0.943. The van der Waals surface area contributed by atoms with E-state index in [1.807, 2.05) is 36.9 Å². The molecule has 1 saturated carbocycles. The Morgan fingerprint density at radius 1 is 1.17 bits per heavy atom. The van der Waals surface area contributed by atoms with Gasteiger partial charge in [0.2, 0.25) is 5.91 Å². The van der Waals surface area contributed by atoms with Crippen LogP contribution in [0.5, 0.6) is 0 Å². The molecule has 2 aliphatic rings. The summed E-state index contributed by atoms with van der Waals surface area (Å²) in [6.45, 7) is 6.03. The second-order valence-electron chi connectivity index (χ2n) is 7.31. The summed E-state index contributed by atoms with van der Waals surface area (Å²) in [5.74, 6) is 1.94. The number of nitrogens with zero attached hydrogens (tertiary/aromatic N) is 3. The number of nitrogens with one attached hydrogen (secondary N) is 1. The molecule has 24 heavy (non-hydrogen) atoms. The maximum Gasteiger partial charge on any atom is 0.238 e. The fourth-order valence-corrected chi connectivity index (χ4v) is 3.67. The van der Waals surface area contributed by atoms with Gasteiger partial charge in [-0.1, -0.05) is 12.1 Å². The van der Waals surface area contributed by atoms with Crippen molar-refractivity contribution >= 4 is 17.5 Å². The summed E-state index contributed by atoms with van der Waals surface area (Å²) in [6, 6.07) is 8.50. The minimum Gasteiger partial charge on any atom is -0.367 e. The van der Waals surface area contributed by atoms with Crippen molar-refractivity contribution in [1.29, 1.82) is 0 Å². The van der Waals surface area contributed by atoms with Crippen LogP contribution in [0.4, 0.5) is 11.6 Å². The molecule has 1 aliphatic heterocycles. The Hall–Kier alpha value is -2.43. The van der Waals surface area contributed by atoms with Gasteiger partial charge in [0, 0.05) is 30.0 Å². The fraction of sp³-hybridized carbons (Fsp3) is 0.421. The number of fused-ring (bicyclic) bond motifs is 1. The first-order valence-electron chi connectivity index (χ1n) is 8.46. The summed E-state index contributed by atoms with van der Waals surface area (Å²) in [6.07, 6.45) is 5.42. The topological polar surface area (TPSA) is 58.1 Å². The van der Waals surface area contributed by atoms with Gasteiger partial charge >= 0.3 is 0 Å². The van der Waals surface area contributed by atoms with E-state index in [1.54, 1.807) is 12.4 Å². The van der Waals surface area contributed by atoms with Gasteiger partial charge in [-0.15, -0.1) is 0 Å². The minimum atomic E-state index is -0.486. The zero-order valence-electron chi connectivity index (χ0n) is 14.3. The van der Waals surface area contributed by atoms with Gasteiger partial charge in [0.05, 0.1) is 5.41 Å². The number of pyridine rings is 2. The number of carbonyl (C=O) groups is 1. The molecule has 0 saturated heterocycles. The molecule has 3 heterocycles. The highest BCUT2D eigenvalue weighted by Crippen LogP contribution is 2.44. The van der Waals surface area contributed by atoms with Gasteiger partial charge in [0.15, 0.2) is 0 Å². The molecule has 0 aromatic carbocycles. The van der Waals surface area contributed by atoms with Crippen molar-refractivity contribution in [3.8, 4) is 0 Å². The van der Waals surface area contributed by atoms with E-state index in [9.17, 15) is 4.79 Å². The summed E-state index contributed by atoms with van der Waals surface area (Å²) in [4.78, 5) is 23.7. The van der Waals surface area contributed by atoms with Crippen molar-refractivity contribution in [3.05, 3.63) is 47.8 Å². The first-order valence-corrected chi connectivity index (χ1v) is 8.46. The number of aryl methyl sites for hydroxylation is 1. The molecule has 2 aromatic heterocycles. The number of amides is 1. The lowest BCUT2D eigenvalue weighted by Gasteiger charge is -2.42. The van der Waals surface area contributed by atoms with E-state index in [0.717, 1.165) is 35.6 Å². The third kappa shape index (κ3) is 2.19. The molecule has 5 heteroatoms. The molecule has 124 valence electrons. The van der Waals surface area contributed by atoms with E-state index in [2.05, 4.69) is 28.3 Å². The van der Waals surface area contributed by atoms with Crippen LogP contribution < -0.4 is 10.2 Å². The van der Waals surface area contributed by atoms with Gasteiger partial charge in [-0.2, -0.15) is 0 Å². The third-order valence-corrected chi connectivity index (χ3v) is 5.27.